The molecule has 2 unspecified atom stereocenters. The highest BCUT2D eigenvalue weighted by atomic mass is 16.4. The zero-order valence-electron chi connectivity index (χ0n) is 12.5. The standard InChI is InChI=1S/C14H26N4O/c1-5-6-15-7-12-10-19-14(16-12)18-8-11(2)13(9-18)17(3)4/h10-11,13,15H,5-9H2,1-4H3. The van der Waals surface area contributed by atoms with Gasteiger partial charge in [-0.25, -0.2) is 0 Å². The Kier molecular flexibility index (Phi) is 4.82. The summed E-state index contributed by atoms with van der Waals surface area (Å²) in [6, 6.07) is 1.35. The largest absolute Gasteiger partial charge is 0.432 e. The summed E-state index contributed by atoms with van der Waals surface area (Å²) in [5.74, 6) is 0.642. The molecule has 19 heavy (non-hydrogen) atoms. The second kappa shape index (κ2) is 6.39. The molecule has 1 saturated heterocycles. The molecule has 0 saturated carbocycles. The van der Waals surface area contributed by atoms with Crippen LogP contribution in [0.4, 0.5) is 6.01 Å². The Balaban J connectivity index is 1.92. The fourth-order valence-corrected chi connectivity index (χ4v) is 2.69. The summed E-state index contributed by atoms with van der Waals surface area (Å²) in [7, 11) is 4.28. The van der Waals surface area contributed by atoms with Gasteiger partial charge in [0.25, 0.3) is 6.01 Å². The lowest BCUT2D eigenvalue weighted by molar-refractivity contribution is 0.266. The zero-order chi connectivity index (χ0) is 13.8. The normalized spacial score (nSPS) is 23.5. The van der Waals surface area contributed by atoms with Crippen molar-refractivity contribution in [3.63, 3.8) is 0 Å². The van der Waals surface area contributed by atoms with E-state index in [2.05, 4.69) is 48.0 Å². The molecule has 1 aromatic rings. The van der Waals surface area contributed by atoms with Crippen molar-refractivity contribution in [2.24, 2.45) is 5.92 Å². The Hall–Kier alpha value is -1.07. The Morgan fingerprint density at radius 3 is 2.89 bits per heavy atom. The van der Waals surface area contributed by atoms with E-state index in [1.54, 1.807) is 6.26 Å². The van der Waals surface area contributed by atoms with E-state index in [9.17, 15) is 0 Å². The third-order valence-electron chi connectivity index (χ3n) is 3.78. The Morgan fingerprint density at radius 1 is 1.47 bits per heavy atom. The monoisotopic (exact) mass is 266 g/mol. The average molecular weight is 266 g/mol. The van der Waals surface area contributed by atoms with Crippen LogP contribution < -0.4 is 10.2 Å². The van der Waals surface area contributed by atoms with Gasteiger partial charge in [0.15, 0.2) is 0 Å². The van der Waals surface area contributed by atoms with Crippen molar-refractivity contribution in [3.05, 3.63) is 12.0 Å². The van der Waals surface area contributed by atoms with Crippen LogP contribution in [-0.4, -0.2) is 49.7 Å². The van der Waals surface area contributed by atoms with Crippen molar-refractivity contribution < 1.29 is 4.42 Å². The summed E-state index contributed by atoms with van der Waals surface area (Å²) in [5, 5.41) is 3.34. The highest BCUT2D eigenvalue weighted by Gasteiger charge is 2.33. The first-order valence-electron chi connectivity index (χ1n) is 7.18. The van der Waals surface area contributed by atoms with Crippen LogP contribution in [0.2, 0.25) is 0 Å². The number of nitrogens with one attached hydrogen (secondary N) is 1. The molecule has 0 aromatic carbocycles. The SMILES string of the molecule is CCCNCc1coc(N2CC(C)C(N(C)C)C2)n1. The van der Waals surface area contributed by atoms with Crippen LogP contribution in [0, 0.1) is 5.92 Å². The maximum absolute atomic E-state index is 5.61. The van der Waals surface area contributed by atoms with Gasteiger partial charge >= 0.3 is 0 Å². The topological polar surface area (TPSA) is 44.5 Å². The number of aromatic nitrogens is 1. The van der Waals surface area contributed by atoms with Crippen molar-refractivity contribution in [1.29, 1.82) is 0 Å². The first kappa shape index (κ1) is 14.3. The number of oxazole rings is 1. The molecule has 5 nitrogen and oxygen atoms in total. The van der Waals surface area contributed by atoms with Crippen LogP contribution >= 0.6 is 0 Å². The van der Waals surface area contributed by atoms with E-state index < -0.39 is 0 Å². The molecule has 1 fully saturated rings. The van der Waals surface area contributed by atoms with E-state index in [-0.39, 0.29) is 0 Å². The maximum Gasteiger partial charge on any atom is 0.297 e. The number of hydrogen-bond acceptors (Lipinski definition) is 5. The van der Waals surface area contributed by atoms with Crippen molar-refractivity contribution in [2.75, 3.05) is 38.6 Å². The van der Waals surface area contributed by atoms with Crippen molar-refractivity contribution in [3.8, 4) is 0 Å². The molecule has 2 atom stereocenters. The minimum absolute atomic E-state index is 0.577. The summed E-state index contributed by atoms with van der Waals surface area (Å²) < 4.78 is 5.61. The molecule has 1 aliphatic rings. The maximum atomic E-state index is 5.61. The quantitative estimate of drug-likeness (QED) is 0.792. The minimum atomic E-state index is 0.577. The first-order valence-corrected chi connectivity index (χ1v) is 7.18. The fraction of sp³-hybridized carbons (Fsp3) is 0.786. The molecule has 2 heterocycles. The number of anilines is 1. The first-order chi connectivity index (χ1) is 9.11. The molecule has 0 aliphatic carbocycles. The Morgan fingerprint density at radius 2 is 2.26 bits per heavy atom. The molecule has 0 spiro atoms. The molecule has 5 heteroatoms. The van der Waals surface area contributed by atoms with Gasteiger partial charge in [-0.1, -0.05) is 13.8 Å². The minimum Gasteiger partial charge on any atom is -0.432 e. The van der Waals surface area contributed by atoms with Gasteiger partial charge in [-0.3, -0.25) is 0 Å². The number of nitrogens with zero attached hydrogens (tertiary/aromatic N) is 3. The number of likely N-dealkylation sites (N-methyl/N-ethyl adjacent to an activating group) is 1. The highest BCUT2D eigenvalue weighted by Crippen LogP contribution is 2.25. The van der Waals surface area contributed by atoms with Crippen molar-refractivity contribution in [1.82, 2.24) is 15.2 Å². The summed E-state index contributed by atoms with van der Waals surface area (Å²) >= 11 is 0. The second-order valence-electron chi connectivity index (χ2n) is 5.71. The van der Waals surface area contributed by atoms with E-state index in [1.807, 2.05) is 0 Å². The van der Waals surface area contributed by atoms with Crippen LogP contribution in [0.3, 0.4) is 0 Å². The molecular weight excluding hydrogens is 240 g/mol. The van der Waals surface area contributed by atoms with Crippen LogP contribution in [0.1, 0.15) is 26.0 Å². The smallest absolute Gasteiger partial charge is 0.297 e. The van der Waals surface area contributed by atoms with Crippen LogP contribution in [0.25, 0.3) is 0 Å². The second-order valence-corrected chi connectivity index (χ2v) is 5.71. The van der Waals surface area contributed by atoms with E-state index >= 15 is 0 Å². The lowest BCUT2D eigenvalue weighted by Crippen LogP contribution is -2.34. The number of rotatable bonds is 6. The molecule has 0 radical (unpaired) electrons. The molecule has 1 aromatic heterocycles. The van der Waals surface area contributed by atoms with Gasteiger partial charge in [-0.2, -0.15) is 4.98 Å². The third kappa shape index (κ3) is 3.48. The molecule has 108 valence electrons. The Labute approximate surface area is 116 Å². The van der Waals surface area contributed by atoms with Crippen molar-refractivity contribution >= 4 is 6.01 Å². The van der Waals surface area contributed by atoms with E-state index in [0.29, 0.717) is 12.0 Å². The highest BCUT2D eigenvalue weighted by molar-refractivity contribution is 5.30. The van der Waals surface area contributed by atoms with E-state index in [0.717, 1.165) is 44.3 Å². The third-order valence-corrected chi connectivity index (χ3v) is 3.78. The average Bonchev–Trinajstić information content (AvgIpc) is 2.96. The Bertz CT molecular complexity index is 391. The predicted octanol–water partition coefficient (Wildman–Crippen LogP) is 1.56. The molecule has 0 bridgehead atoms. The van der Waals surface area contributed by atoms with E-state index in [1.165, 1.54) is 0 Å². The van der Waals surface area contributed by atoms with Crippen LogP contribution in [-0.2, 0) is 6.54 Å². The van der Waals surface area contributed by atoms with Crippen LogP contribution in [0.15, 0.2) is 10.7 Å². The lowest BCUT2D eigenvalue weighted by atomic mass is 10.1. The predicted molar refractivity (Wildman–Crippen MR) is 77.4 cm³/mol. The van der Waals surface area contributed by atoms with Crippen LogP contribution in [0.5, 0.6) is 0 Å². The fourth-order valence-electron chi connectivity index (χ4n) is 2.69. The van der Waals surface area contributed by atoms with Gasteiger partial charge < -0.3 is 19.5 Å². The van der Waals surface area contributed by atoms with Gasteiger partial charge in [0.1, 0.15) is 6.26 Å². The molecular formula is C14H26N4O. The van der Waals surface area contributed by atoms with Gasteiger partial charge in [-0.05, 0) is 33.0 Å². The van der Waals surface area contributed by atoms with Gasteiger partial charge in [0, 0.05) is 25.7 Å². The van der Waals surface area contributed by atoms with Gasteiger partial charge in [0.05, 0.1) is 5.69 Å². The summed E-state index contributed by atoms with van der Waals surface area (Å²) in [6.07, 6.45) is 2.91. The summed E-state index contributed by atoms with van der Waals surface area (Å²) in [6.45, 7) is 8.27. The lowest BCUT2D eigenvalue weighted by Gasteiger charge is -2.22. The van der Waals surface area contributed by atoms with Crippen molar-refractivity contribution in [2.45, 2.75) is 32.9 Å². The number of hydrogen-bond donors (Lipinski definition) is 1. The molecule has 2 rings (SSSR count). The summed E-state index contributed by atoms with van der Waals surface area (Å²) in [5.41, 5.74) is 0.990. The summed E-state index contributed by atoms with van der Waals surface area (Å²) in [4.78, 5) is 9.11. The molecule has 1 N–H and O–H groups in total. The molecule has 0 amide bonds. The van der Waals surface area contributed by atoms with Gasteiger partial charge in [0.2, 0.25) is 0 Å². The van der Waals surface area contributed by atoms with Gasteiger partial charge in [-0.15, -0.1) is 0 Å². The molecule has 1 aliphatic heterocycles. The van der Waals surface area contributed by atoms with E-state index in [4.69, 9.17) is 4.42 Å². The zero-order valence-corrected chi connectivity index (χ0v) is 12.5.